The van der Waals surface area contributed by atoms with Crippen molar-refractivity contribution in [2.24, 2.45) is 5.92 Å². The quantitative estimate of drug-likeness (QED) is 0.585. The van der Waals surface area contributed by atoms with Gasteiger partial charge in [-0.1, -0.05) is 0 Å². The summed E-state index contributed by atoms with van der Waals surface area (Å²) in [5.74, 6) is 0.777. The Hall–Kier alpha value is -1.73. The van der Waals surface area contributed by atoms with Gasteiger partial charge in [-0.2, -0.15) is 0 Å². The minimum atomic E-state index is -0.567. The second kappa shape index (κ2) is 3.89. The molecule has 1 fully saturated rings. The molecule has 2 atom stereocenters. The number of fused-ring (bicyclic) bond motifs is 1. The van der Waals surface area contributed by atoms with E-state index in [-0.39, 0.29) is 19.1 Å². The number of nitrogens with two attached hydrogens (primary N) is 1. The normalized spacial score (nSPS) is 27.3. The van der Waals surface area contributed by atoms with Gasteiger partial charge in [-0.25, -0.2) is 15.0 Å². The molecule has 0 saturated heterocycles. The number of nitrogens with one attached hydrogen (secondary N) is 1. The number of hydrogen-bond donors (Lipinski definition) is 4. The van der Waals surface area contributed by atoms with Gasteiger partial charge in [0.25, 0.3) is 0 Å². The second-order valence-electron chi connectivity index (χ2n) is 4.76. The maximum absolute atomic E-state index is 9.65. The lowest BCUT2D eigenvalue weighted by Gasteiger charge is -2.46. The zero-order valence-electron chi connectivity index (χ0n) is 9.80. The van der Waals surface area contributed by atoms with Crippen molar-refractivity contribution in [1.82, 2.24) is 19.9 Å². The molecule has 96 valence electrons. The Balaban J connectivity index is 2.13. The number of hydrogen-bond acceptors (Lipinski definition) is 6. The highest BCUT2D eigenvalue weighted by Gasteiger charge is 2.50. The highest BCUT2D eigenvalue weighted by molar-refractivity contribution is 5.80. The van der Waals surface area contributed by atoms with E-state index >= 15 is 0 Å². The summed E-state index contributed by atoms with van der Waals surface area (Å²) < 4.78 is 0. The van der Waals surface area contributed by atoms with Gasteiger partial charge in [-0.05, 0) is 18.8 Å². The van der Waals surface area contributed by atoms with E-state index < -0.39 is 5.41 Å². The van der Waals surface area contributed by atoms with Crippen molar-refractivity contribution in [3.8, 4) is 0 Å². The van der Waals surface area contributed by atoms with Gasteiger partial charge in [-0.15, -0.1) is 0 Å². The Kier molecular flexibility index (Phi) is 2.46. The van der Waals surface area contributed by atoms with E-state index in [1.165, 1.54) is 6.33 Å². The molecule has 0 amide bonds. The molecule has 2 aromatic rings. The zero-order chi connectivity index (χ0) is 12.8. The fourth-order valence-electron chi connectivity index (χ4n) is 2.62. The third kappa shape index (κ3) is 1.34. The molecule has 2 unspecified atom stereocenters. The van der Waals surface area contributed by atoms with Crippen LogP contribution in [0.2, 0.25) is 0 Å². The fourth-order valence-corrected chi connectivity index (χ4v) is 2.62. The zero-order valence-corrected chi connectivity index (χ0v) is 9.80. The van der Waals surface area contributed by atoms with E-state index in [4.69, 9.17) is 5.73 Å². The van der Waals surface area contributed by atoms with Gasteiger partial charge in [0.1, 0.15) is 11.3 Å². The summed E-state index contributed by atoms with van der Waals surface area (Å²) >= 11 is 0. The molecule has 3 rings (SSSR count). The van der Waals surface area contributed by atoms with Crippen molar-refractivity contribution >= 4 is 17.0 Å². The smallest absolute Gasteiger partial charge is 0.163 e. The molecular weight excluding hydrogens is 234 g/mol. The average Bonchev–Trinajstić information content (AvgIpc) is 2.78. The van der Waals surface area contributed by atoms with Gasteiger partial charge in [0.15, 0.2) is 11.5 Å². The highest BCUT2D eigenvalue weighted by atomic mass is 16.3. The number of anilines is 1. The van der Waals surface area contributed by atoms with E-state index in [9.17, 15) is 10.2 Å². The Morgan fingerprint density at radius 2 is 2.28 bits per heavy atom. The molecule has 0 radical (unpaired) electrons. The summed E-state index contributed by atoms with van der Waals surface area (Å²) in [5.41, 5.74) is 6.37. The van der Waals surface area contributed by atoms with Crippen LogP contribution in [-0.4, -0.2) is 43.4 Å². The molecule has 18 heavy (non-hydrogen) atoms. The molecule has 2 heterocycles. The van der Waals surface area contributed by atoms with Crippen molar-refractivity contribution in [1.29, 1.82) is 0 Å². The average molecular weight is 249 g/mol. The topological polar surface area (TPSA) is 121 Å². The van der Waals surface area contributed by atoms with Crippen LogP contribution in [0.5, 0.6) is 0 Å². The van der Waals surface area contributed by atoms with E-state index in [2.05, 4.69) is 19.9 Å². The van der Waals surface area contributed by atoms with Crippen molar-refractivity contribution in [3.05, 3.63) is 12.2 Å². The lowest BCUT2D eigenvalue weighted by atomic mass is 9.60. The largest absolute Gasteiger partial charge is 0.396 e. The van der Waals surface area contributed by atoms with Crippen LogP contribution in [0.1, 0.15) is 18.7 Å². The van der Waals surface area contributed by atoms with Crippen molar-refractivity contribution < 1.29 is 10.2 Å². The molecular formula is C11H15N5O2. The first-order chi connectivity index (χ1) is 8.71. The minimum absolute atomic E-state index is 0.0118. The van der Waals surface area contributed by atoms with Crippen molar-refractivity contribution in [2.75, 3.05) is 18.9 Å². The molecule has 7 heteroatoms. The second-order valence-corrected chi connectivity index (χ2v) is 4.76. The number of nitrogens with zero attached hydrogens (tertiary/aromatic N) is 3. The summed E-state index contributed by atoms with van der Waals surface area (Å²) in [6.07, 6.45) is 3.13. The number of nitrogen functional groups attached to an aromatic ring is 1. The number of aliphatic hydroxyl groups is 2. The Morgan fingerprint density at radius 3 is 2.89 bits per heavy atom. The molecule has 2 aromatic heterocycles. The van der Waals surface area contributed by atoms with E-state index in [1.807, 2.05) is 0 Å². The van der Waals surface area contributed by atoms with Gasteiger partial charge in [0.05, 0.1) is 18.3 Å². The molecule has 1 aliphatic carbocycles. The number of imidazole rings is 1. The number of aromatic nitrogens is 4. The van der Waals surface area contributed by atoms with Crippen LogP contribution in [0, 0.1) is 5.92 Å². The van der Waals surface area contributed by atoms with Gasteiger partial charge >= 0.3 is 0 Å². The van der Waals surface area contributed by atoms with Crippen LogP contribution in [0.15, 0.2) is 6.33 Å². The SMILES string of the molecule is Nc1nc(C2(CO)CCC2CO)nc2[nH]cnc12. The Bertz CT molecular complexity index is 578. The van der Waals surface area contributed by atoms with Crippen LogP contribution in [0.25, 0.3) is 11.2 Å². The fraction of sp³-hybridized carbons (Fsp3) is 0.545. The standard InChI is InChI=1S/C11H15N5O2/c12-8-7-9(14-5-13-7)16-10(15-8)11(4-18)2-1-6(11)3-17/h5-6,17-18H,1-4H2,(H3,12,13,14,15,16). The number of H-pyrrole nitrogens is 1. The number of aliphatic hydroxyl groups excluding tert-OH is 2. The van der Waals surface area contributed by atoms with Crippen LogP contribution >= 0.6 is 0 Å². The lowest BCUT2D eigenvalue weighted by Crippen LogP contribution is -2.50. The highest BCUT2D eigenvalue weighted by Crippen LogP contribution is 2.47. The summed E-state index contributed by atoms with van der Waals surface area (Å²) in [6.45, 7) is -0.0673. The maximum atomic E-state index is 9.65. The summed E-state index contributed by atoms with van der Waals surface area (Å²) in [5, 5.41) is 19.0. The number of aromatic amines is 1. The Labute approximate surface area is 103 Å². The maximum Gasteiger partial charge on any atom is 0.163 e. The molecule has 1 aliphatic rings. The van der Waals surface area contributed by atoms with Crippen molar-refractivity contribution in [3.63, 3.8) is 0 Å². The predicted molar refractivity (Wildman–Crippen MR) is 64.7 cm³/mol. The van der Waals surface area contributed by atoms with Gasteiger partial charge < -0.3 is 20.9 Å². The summed E-state index contributed by atoms with van der Waals surface area (Å²) in [7, 11) is 0. The third-order valence-corrected chi connectivity index (χ3v) is 3.97. The van der Waals surface area contributed by atoms with Gasteiger partial charge in [0.2, 0.25) is 0 Å². The Morgan fingerprint density at radius 1 is 1.44 bits per heavy atom. The predicted octanol–water partition coefficient (Wildman–Crippen LogP) is -0.433. The first kappa shape index (κ1) is 11.4. The van der Waals surface area contributed by atoms with E-state index in [0.717, 1.165) is 12.8 Å². The molecule has 7 nitrogen and oxygen atoms in total. The van der Waals surface area contributed by atoms with E-state index in [1.54, 1.807) is 0 Å². The summed E-state index contributed by atoms with van der Waals surface area (Å²) in [4.78, 5) is 15.6. The van der Waals surface area contributed by atoms with Crippen LogP contribution in [0.3, 0.4) is 0 Å². The molecule has 0 spiro atoms. The van der Waals surface area contributed by atoms with E-state index in [0.29, 0.717) is 22.8 Å². The number of rotatable bonds is 3. The van der Waals surface area contributed by atoms with Crippen LogP contribution in [0.4, 0.5) is 5.82 Å². The monoisotopic (exact) mass is 249 g/mol. The third-order valence-electron chi connectivity index (χ3n) is 3.97. The lowest BCUT2D eigenvalue weighted by molar-refractivity contribution is 0.00474. The van der Waals surface area contributed by atoms with Gasteiger partial charge in [-0.3, -0.25) is 0 Å². The summed E-state index contributed by atoms with van der Waals surface area (Å²) in [6, 6.07) is 0. The molecule has 1 saturated carbocycles. The minimum Gasteiger partial charge on any atom is -0.396 e. The first-order valence-electron chi connectivity index (χ1n) is 5.90. The van der Waals surface area contributed by atoms with Crippen LogP contribution in [-0.2, 0) is 5.41 Å². The molecule has 0 aromatic carbocycles. The molecule has 0 aliphatic heterocycles. The molecule has 5 N–H and O–H groups in total. The van der Waals surface area contributed by atoms with Crippen molar-refractivity contribution in [2.45, 2.75) is 18.3 Å². The first-order valence-corrected chi connectivity index (χ1v) is 5.90. The van der Waals surface area contributed by atoms with Gasteiger partial charge in [0, 0.05) is 6.61 Å². The van der Waals surface area contributed by atoms with Crippen LogP contribution < -0.4 is 5.73 Å². The molecule has 0 bridgehead atoms.